The van der Waals surface area contributed by atoms with Gasteiger partial charge in [-0.15, -0.1) is 0 Å². The lowest BCUT2D eigenvalue weighted by atomic mass is 9.99. The van der Waals surface area contributed by atoms with Gasteiger partial charge in [-0.3, -0.25) is 4.90 Å². The average molecular weight is 260 g/mol. The normalized spacial score (nSPS) is 24.3. The molecule has 1 aromatic carbocycles. The van der Waals surface area contributed by atoms with E-state index in [4.69, 9.17) is 0 Å². The molecule has 0 spiro atoms. The minimum atomic E-state index is 0.141. The maximum Gasteiger partial charge on any atom is 0.0684 e. The molecule has 1 aromatic rings. The zero-order chi connectivity index (χ0) is 13.2. The van der Waals surface area contributed by atoms with Gasteiger partial charge in [-0.2, -0.15) is 0 Å². The molecule has 19 heavy (non-hydrogen) atoms. The Kier molecular flexibility index (Phi) is 3.76. The third-order valence-electron chi connectivity index (χ3n) is 4.70. The van der Waals surface area contributed by atoms with E-state index in [0.29, 0.717) is 0 Å². The van der Waals surface area contributed by atoms with Crippen LogP contribution in [-0.4, -0.2) is 42.2 Å². The monoisotopic (exact) mass is 260 g/mol. The summed E-state index contributed by atoms with van der Waals surface area (Å²) in [5.41, 5.74) is 3.56. The van der Waals surface area contributed by atoms with E-state index in [2.05, 4.69) is 34.9 Å². The number of anilines is 1. The first kappa shape index (κ1) is 12.9. The lowest BCUT2D eigenvalue weighted by Gasteiger charge is -2.45. The molecule has 1 unspecified atom stereocenters. The number of aliphatic hydroxyl groups excluding tert-OH is 1. The number of fused-ring (bicyclic) bond motifs is 1. The molecule has 3 heteroatoms. The molecular weight excluding hydrogens is 236 g/mol. The molecule has 0 radical (unpaired) electrons. The largest absolute Gasteiger partial charge is 0.392 e. The number of piperidine rings is 1. The fourth-order valence-corrected chi connectivity index (χ4v) is 3.44. The third-order valence-corrected chi connectivity index (χ3v) is 4.70. The number of nitrogens with zero attached hydrogens (tertiary/aromatic N) is 2. The second kappa shape index (κ2) is 5.51. The summed E-state index contributed by atoms with van der Waals surface area (Å²) in [6, 6.07) is 7.21. The Morgan fingerprint density at radius 3 is 2.89 bits per heavy atom. The number of aliphatic hydroxyl groups is 1. The summed E-state index contributed by atoms with van der Waals surface area (Å²) in [5, 5.41) is 9.25. The van der Waals surface area contributed by atoms with Gasteiger partial charge >= 0.3 is 0 Å². The highest BCUT2D eigenvalue weighted by Gasteiger charge is 2.28. The highest BCUT2D eigenvalue weighted by Crippen LogP contribution is 2.26. The van der Waals surface area contributed by atoms with Gasteiger partial charge in [-0.25, -0.2) is 0 Å². The minimum absolute atomic E-state index is 0.141. The Morgan fingerprint density at radius 2 is 2.11 bits per heavy atom. The van der Waals surface area contributed by atoms with Crippen molar-refractivity contribution in [3.63, 3.8) is 0 Å². The fourth-order valence-electron chi connectivity index (χ4n) is 3.44. The van der Waals surface area contributed by atoms with Gasteiger partial charge in [0.25, 0.3) is 0 Å². The molecule has 2 aliphatic rings. The predicted molar refractivity (Wildman–Crippen MR) is 78.5 cm³/mol. The number of piperazine rings is 1. The lowest BCUT2D eigenvalue weighted by Crippen LogP contribution is -2.54. The lowest BCUT2D eigenvalue weighted by molar-refractivity contribution is 0.133. The van der Waals surface area contributed by atoms with Gasteiger partial charge < -0.3 is 10.0 Å². The van der Waals surface area contributed by atoms with Crippen molar-refractivity contribution in [2.45, 2.75) is 38.8 Å². The Balaban J connectivity index is 1.74. The molecule has 2 fully saturated rings. The van der Waals surface area contributed by atoms with Crippen molar-refractivity contribution in [1.29, 1.82) is 0 Å². The number of rotatable bonds is 2. The topological polar surface area (TPSA) is 26.7 Å². The van der Waals surface area contributed by atoms with Crippen LogP contribution in [0.2, 0.25) is 0 Å². The molecule has 0 aliphatic carbocycles. The summed E-state index contributed by atoms with van der Waals surface area (Å²) < 4.78 is 0. The molecule has 3 rings (SSSR count). The maximum atomic E-state index is 9.25. The quantitative estimate of drug-likeness (QED) is 0.883. The molecule has 1 N–H and O–H groups in total. The van der Waals surface area contributed by atoms with Crippen LogP contribution in [0.15, 0.2) is 18.2 Å². The van der Waals surface area contributed by atoms with E-state index in [0.717, 1.165) is 24.7 Å². The summed E-state index contributed by atoms with van der Waals surface area (Å²) >= 11 is 0. The molecule has 3 nitrogen and oxygen atoms in total. The highest BCUT2D eigenvalue weighted by atomic mass is 16.3. The van der Waals surface area contributed by atoms with Crippen LogP contribution in [-0.2, 0) is 6.61 Å². The van der Waals surface area contributed by atoms with Crippen molar-refractivity contribution in [2.24, 2.45) is 0 Å². The van der Waals surface area contributed by atoms with Crippen molar-refractivity contribution in [3.05, 3.63) is 29.3 Å². The summed E-state index contributed by atoms with van der Waals surface area (Å²) in [6.07, 6.45) is 4.11. The summed E-state index contributed by atoms with van der Waals surface area (Å²) in [7, 11) is 0. The van der Waals surface area contributed by atoms with Gasteiger partial charge in [0, 0.05) is 31.4 Å². The number of hydrogen-bond donors (Lipinski definition) is 1. The van der Waals surface area contributed by atoms with Crippen molar-refractivity contribution in [3.8, 4) is 0 Å². The summed E-state index contributed by atoms with van der Waals surface area (Å²) in [6.45, 7) is 7.02. The number of aryl methyl sites for hydroxylation is 1. The standard InChI is InChI=1S/C16H24N2O/c1-13-10-15(6-5-14(13)12-19)18-9-8-17-7-3-2-4-16(17)11-18/h5-6,10,16,19H,2-4,7-9,11-12H2,1H3. The smallest absolute Gasteiger partial charge is 0.0684 e. The fraction of sp³-hybridized carbons (Fsp3) is 0.625. The molecule has 2 saturated heterocycles. The third kappa shape index (κ3) is 2.63. The van der Waals surface area contributed by atoms with Crippen LogP contribution in [0.1, 0.15) is 30.4 Å². The van der Waals surface area contributed by atoms with Gasteiger partial charge in [0.05, 0.1) is 6.61 Å². The molecule has 0 aromatic heterocycles. The van der Waals surface area contributed by atoms with Crippen molar-refractivity contribution in [2.75, 3.05) is 31.1 Å². The molecule has 0 bridgehead atoms. The van der Waals surface area contributed by atoms with E-state index in [1.54, 1.807) is 0 Å². The molecule has 2 heterocycles. The first-order valence-corrected chi connectivity index (χ1v) is 7.47. The second-order valence-corrected chi connectivity index (χ2v) is 5.90. The van der Waals surface area contributed by atoms with E-state index in [1.165, 1.54) is 43.6 Å². The van der Waals surface area contributed by atoms with Crippen molar-refractivity contribution in [1.82, 2.24) is 4.90 Å². The molecule has 0 saturated carbocycles. The molecule has 0 amide bonds. The minimum Gasteiger partial charge on any atom is -0.392 e. The van der Waals surface area contributed by atoms with Crippen LogP contribution >= 0.6 is 0 Å². The van der Waals surface area contributed by atoms with Gasteiger partial charge in [0.15, 0.2) is 0 Å². The molecule has 104 valence electrons. The highest BCUT2D eigenvalue weighted by molar-refractivity contribution is 5.51. The predicted octanol–water partition coefficient (Wildman–Crippen LogP) is 2.16. The molecule has 2 aliphatic heterocycles. The molecule has 1 atom stereocenters. The Labute approximate surface area is 115 Å². The van der Waals surface area contributed by atoms with E-state index >= 15 is 0 Å². The molecular formula is C16H24N2O. The van der Waals surface area contributed by atoms with Crippen LogP contribution in [0.25, 0.3) is 0 Å². The van der Waals surface area contributed by atoms with E-state index in [1.807, 2.05) is 0 Å². The Bertz CT molecular complexity index is 446. The Morgan fingerprint density at radius 1 is 1.21 bits per heavy atom. The second-order valence-electron chi connectivity index (χ2n) is 5.90. The zero-order valence-corrected chi connectivity index (χ0v) is 11.8. The van der Waals surface area contributed by atoms with Crippen LogP contribution in [0, 0.1) is 6.92 Å². The number of hydrogen-bond acceptors (Lipinski definition) is 3. The van der Waals surface area contributed by atoms with Crippen LogP contribution in [0.5, 0.6) is 0 Å². The van der Waals surface area contributed by atoms with E-state index in [9.17, 15) is 5.11 Å². The van der Waals surface area contributed by atoms with Gasteiger partial charge in [0.1, 0.15) is 0 Å². The summed E-state index contributed by atoms with van der Waals surface area (Å²) in [5.74, 6) is 0. The van der Waals surface area contributed by atoms with Gasteiger partial charge in [0.2, 0.25) is 0 Å². The Hall–Kier alpha value is -1.06. The SMILES string of the molecule is Cc1cc(N2CCN3CCCCC3C2)ccc1CO. The van der Waals surface area contributed by atoms with Gasteiger partial charge in [-0.05, 0) is 49.6 Å². The van der Waals surface area contributed by atoms with E-state index in [-0.39, 0.29) is 6.61 Å². The van der Waals surface area contributed by atoms with Crippen LogP contribution in [0.4, 0.5) is 5.69 Å². The van der Waals surface area contributed by atoms with Gasteiger partial charge in [-0.1, -0.05) is 12.5 Å². The summed E-state index contributed by atoms with van der Waals surface area (Å²) in [4.78, 5) is 5.18. The first-order valence-electron chi connectivity index (χ1n) is 7.47. The van der Waals surface area contributed by atoms with E-state index < -0.39 is 0 Å². The van der Waals surface area contributed by atoms with Crippen molar-refractivity contribution >= 4 is 5.69 Å². The van der Waals surface area contributed by atoms with Crippen LogP contribution < -0.4 is 4.90 Å². The number of benzene rings is 1. The average Bonchev–Trinajstić information content (AvgIpc) is 2.46. The van der Waals surface area contributed by atoms with Crippen molar-refractivity contribution < 1.29 is 5.11 Å². The van der Waals surface area contributed by atoms with Crippen LogP contribution in [0.3, 0.4) is 0 Å². The zero-order valence-electron chi connectivity index (χ0n) is 11.8. The first-order chi connectivity index (χ1) is 9.28. The maximum absolute atomic E-state index is 9.25.